The van der Waals surface area contributed by atoms with Gasteiger partial charge in [0, 0.05) is 31.2 Å². The first kappa shape index (κ1) is 16.7. The Bertz CT molecular complexity index is 806. The largest absolute Gasteiger partial charge is 0.338 e. The molecule has 136 valence electrons. The summed E-state index contributed by atoms with van der Waals surface area (Å²) in [5.41, 5.74) is 1.20. The topological polar surface area (TPSA) is 95.1 Å². The van der Waals surface area contributed by atoms with Gasteiger partial charge in [-0.15, -0.1) is 10.2 Å². The number of benzene rings is 1. The van der Waals surface area contributed by atoms with Crippen LogP contribution in [0.15, 0.2) is 24.3 Å². The Morgan fingerprint density at radius 1 is 1.27 bits per heavy atom. The minimum absolute atomic E-state index is 0.0755. The number of carbonyl (C=O) groups is 2. The van der Waals surface area contributed by atoms with Crippen molar-refractivity contribution in [2.24, 2.45) is 5.92 Å². The van der Waals surface area contributed by atoms with Gasteiger partial charge in [-0.2, -0.15) is 5.21 Å². The third-order valence-electron chi connectivity index (χ3n) is 5.29. The Morgan fingerprint density at radius 3 is 2.88 bits per heavy atom. The molecule has 26 heavy (non-hydrogen) atoms. The molecule has 4 heterocycles. The molecule has 1 N–H and O–H groups in total. The maximum atomic E-state index is 13.3. The van der Waals surface area contributed by atoms with Crippen molar-refractivity contribution in [2.45, 2.75) is 32.2 Å². The lowest BCUT2D eigenvalue weighted by Crippen LogP contribution is -2.48. The van der Waals surface area contributed by atoms with E-state index in [0.717, 1.165) is 25.8 Å². The molecule has 3 aliphatic rings. The zero-order valence-corrected chi connectivity index (χ0v) is 14.8. The zero-order valence-electron chi connectivity index (χ0n) is 14.8. The van der Waals surface area contributed by atoms with Gasteiger partial charge in [-0.25, -0.2) is 0 Å². The van der Waals surface area contributed by atoms with Crippen LogP contribution in [0.5, 0.6) is 0 Å². The second kappa shape index (κ2) is 6.86. The number of piperidine rings is 1. The van der Waals surface area contributed by atoms with E-state index in [4.69, 9.17) is 0 Å². The third-order valence-corrected chi connectivity index (χ3v) is 5.29. The van der Waals surface area contributed by atoms with Gasteiger partial charge >= 0.3 is 0 Å². The molecule has 3 aliphatic heterocycles. The van der Waals surface area contributed by atoms with Crippen molar-refractivity contribution in [1.29, 1.82) is 0 Å². The Hall–Kier alpha value is -2.77. The highest BCUT2D eigenvalue weighted by molar-refractivity contribution is 6.00. The van der Waals surface area contributed by atoms with Gasteiger partial charge < -0.3 is 9.80 Å². The molecule has 0 radical (unpaired) electrons. The predicted octanol–water partition coefficient (Wildman–Crippen LogP) is 1.34. The minimum Gasteiger partial charge on any atom is -0.338 e. The Labute approximate surface area is 151 Å². The van der Waals surface area contributed by atoms with Gasteiger partial charge in [0.2, 0.25) is 11.7 Å². The quantitative estimate of drug-likeness (QED) is 0.894. The summed E-state index contributed by atoms with van der Waals surface area (Å²) in [4.78, 5) is 29.8. The average molecular weight is 354 g/mol. The smallest absolute Gasteiger partial charge is 0.254 e. The van der Waals surface area contributed by atoms with Crippen LogP contribution in [0, 0.1) is 5.92 Å². The highest BCUT2D eigenvalue weighted by Gasteiger charge is 2.41. The van der Waals surface area contributed by atoms with Crippen LogP contribution in [-0.2, 0) is 4.79 Å². The van der Waals surface area contributed by atoms with Crippen molar-refractivity contribution in [3.63, 3.8) is 0 Å². The highest BCUT2D eigenvalue weighted by Crippen LogP contribution is 2.31. The van der Waals surface area contributed by atoms with Crippen LogP contribution in [-0.4, -0.2) is 67.9 Å². The Balaban J connectivity index is 1.63. The van der Waals surface area contributed by atoms with Crippen molar-refractivity contribution < 1.29 is 9.59 Å². The van der Waals surface area contributed by atoms with Crippen LogP contribution in [0.25, 0.3) is 11.4 Å². The van der Waals surface area contributed by atoms with E-state index in [0.29, 0.717) is 30.0 Å². The number of fused-ring (bicyclic) bond motifs is 4. The number of amides is 2. The highest BCUT2D eigenvalue weighted by atomic mass is 16.2. The number of aromatic amines is 1. The number of tetrazole rings is 1. The number of rotatable bonds is 4. The number of aromatic nitrogens is 4. The molecule has 2 aromatic rings. The van der Waals surface area contributed by atoms with Crippen molar-refractivity contribution in [2.75, 3.05) is 19.6 Å². The molecule has 8 nitrogen and oxygen atoms in total. The summed E-state index contributed by atoms with van der Waals surface area (Å²) in [7, 11) is 0. The summed E-state index contributed by atoms with van der Waals surface area (Å²) in [5.74, 6) is 0.426. The molecule has 0 spiro atoms. The molecule has 2 bridgehead atoms. The molecule has 5 rings (SSSR count). The fraction of sp³-hybridized carbons (Fsp3) is 0.500. The van der Waals surface area contributed by atoms with Crippen molar-refractivity contribution in [3.05, 3.63) is 29.8 Å². The molecule has 1 aromatic heterocycles. The maximum absolute atomic E-state index is 13.3. The lowest BCUT2D eigenvalue weighted by Gasteiger charge is -2.35. The molecule has 0 saturated carbocycles. The van der Waals surface area contributed by atoms with E-state index in [9.17, 15) is 9.59 Å². The molecular formula is C18H22N6O2. The molecule has 2 amide bonds. The van der Waals surface area contributed by atoms with Gasteiger partial charge in [0.25, 0.3) is 5.91 Å². The molecule has 3 fully saturated rings. The summed E-state index contributed by atoms with van der Waals surface area (Å²) in [6.07, 6.45) is 2.76. The minimum atomic E-state index is -0.0958. The number of nitrogens with one attached hydrogen (secondary N) is 1. The van der Waals surface area contributed by atoms with Gasteiger partial charge in [0.1, 0.15) is 0 Å². The van der Waals surface area contributed by atoms with Crippen LogP contribution in [0.2, 0.25) is 0 Å². The lowest BCUT2D eigenvalue weighted by atomic mass is 9.94. The van der Waals surface area contributed by atoms with Crippen LogP contribution >= 0.6 is 0 Å². The van der Waals surface area contributed by atoms with Gasteiger partial charge in [-0.05, 0) is 30.5 Å². The maximum Gasteiger partial charge on any atom is 0.254 e. The number of hydrogen-bond donors (Lipinski definition) is 1. The Kier molecular flexibility index (Phi) is 4.40. The fourth-order valence-electron chi connectivity index (χ4n) is 4.05. The van der Waals surface area contributed by atoms with Crippen molar-refractivity contribution in [1.82, 2.24) is 30.4 Å². The van der Waals surface area contributed by atoms with Crippen LogP contribution in [0.1, 0.15) is 36.5 Å². The van der Waals surface area contributed by atoms with Crippen LogP contribution in [0.3, 0.4) is 0 Å². The SMILES string of the molecule is CCCN1C(=O)[C@@H]2CC[C@H]1CN(C(=O)c1ccccc1-c1nn[nH]n1)C2. The van der Waals surface area contributed by atoms with Gasteiger partial charge in [-0.1, -0.05) is 25.1 Å². The molecule has 8 heteroatoms. The first-order valence-electron chi connectivity index (χ1n) is 9.11. The summed E-state index contributed by atoms with van der Waals surface area (Å²) in [6.45, 7) is 3.91. The first-order chi connectivity index (χ1) is 12.7. The number of nitrogens with zero attached hydrogens (tertiary/aromatic N) is 5. The van der Waals surface area contributed by atoms with E-state index in [-0.39, 0.29) is 23.8 Å². The number of H-pyrrole nitrogens is 1. The average Bonchev–Trinajstić information content (AvgIpc) is 3.07. The molecule has 0 aliphatic carbocycles. The van der Waals surface area contributed by atoms with Crippen LogP contribution < -0.4 is 0 Å². The molecule has 2 atom stereocenters. The molecular weight excluding hydrogens is 332 g/mol. The Morgan fingerprint density at radius 2 is 2.12 bits per heavy atom. The summed E-state index contributed by atoms with van der Waals surface area (Å²) in [5, 5.41) is 14.0. The van der Waals surface area contributed by atoms with Gasteiger partial charge in [0.15, 0.2) is 0 Å². The molecule has 3 saturated heterocycles. The number of carbonyl (C=O) groups excluding carboxylic acids is 2. The van der Waals surface area contributed by atoms with Gasteiger partial charge in [-0.3, -0.25) is 9.59 Å². The van der Waals surface area contributed by atoms with E-state index in [1.54, 1.807) is 6.07 Å². The monoisotopic (exact) mass is 354 g/mol. The standard InChI is InChI=1S/C18H22N6O2/c1-2-9-24-13-8-7-12(17(24)25)10-23(11-13)18(26)15-6-4-3-5-14(15)16-19-21-22-20-16/h3-6,12-13H,2,7-11H2,1H3,(H,19,20,21,22)/t12-,13+/m1/s1. The van der Waals surface area contributed by atoms with Crippen molar-refractivity contribution in [3.8, 4) is 11.4 Å². The van der Waals surface area contributed by atoms with E-state index in [1.807, 2.05) is 28.0 Å². The third kappa shape index (κ3) is 2.85. The number of hydrogen-bond acceptors (Lipinski definition) is 5. The fourth-order valence-corrected chi connectivity index (χ4v) is 4.05. The van der Waals surface area contributed by atoms with E-state index >= 15 is 0 Å². The molecule has 1 aromatic carbocycles. The second-order valence-electron chi connectivity index (χ2n) is 6.95. The normalized spacial score (nSPS) is 22.6. The predicted molar refractivity (Wildman–Crippen MR) is 94.0 cm³/mol. The van der Waals surface area contributed by atoms with Gasteiger partial charge in [0.05, 0.1) is 11.5 Å². The molecule has 0 unspecified atom stereocenters. The van der Waals surface area contributed by atoms with E-state index in [2.05, 4.69) is 27.5 Å². The second-order valence-corrected chi connectivity index (χ2v) is 6.95. The lowest BCUT2D eigenvalue weighted by molar-refractivity contribution is -0.139. The van der Waals surface area contributed by atoms with E-state index < -0.39 is 0 Å². The van der Waals surface area contributed by atoms with E-state index in [1.165, 1.54) is 0 Å². The van der Waals surface area contributed by atoms with Crippen LogP contribution in [0.4, 0.5) is 0 Å². The summed E-state index contributed by atoms with van der Waals surface area (Å²) >= 11 is 0. The van der Waals surface area contributed by atoms with Crippen molar-refractivity contribution >= 4 is 11.8 Å². The zero-order chi connectivity index (χ0) is 18.1. The summed E-state index contributed by atoms with van der Waals surface area (Å²) < 4.78 is 0. The summed E-state index contributed by atoms with van der Waals surface area (Å²) in [6, 6.07) is 7.40. The first-order valence-corrected chi connectivity index (χ1v) is 9.11.